The molecule has 0 aromatic heterocycles. The Hall–Kier alpha value is -1.42. The van der Waals surface area contributed by atoms with Crippen molar-refractivity contribution in [2.24, 2.45) is 5.92 Å². The van der Waals surface area contributed by atoms with Gasteiger partial charge in [0.1, 0.15) is 5.75 Å². The van der Waals surface area contributed by atoms with E-state index < -0.39 is 0 Å². The van der Waals surface area contributed by atoms with Crippen LogP contribution in [0.25, 0.3) is 0 Å². The number of hydrogen-bond acceptors (Lipinski definition) is 1. The molecule has 1 aromatic rings. The lowest BCUT2D eigenvalue weighted by molar-refractivity contribution is 0.209. The summed E-state index contributed by atoms with van der Waals surface area (Å²) in [4.78, 5) is 0. The molecule has 1 aromatic carbocycles. The van der Waals surface area contributed by atoms with Crippen molar-refractivity contribution in [1.29, 1.82) is 0 Å². The van der Waals surface area contributed by atoms with Gasteiger partial charge in [-0.3, -0.25) is 0 Å². The lowest BCUT2D eigenvalue weighted by atomic mass is 9.90. The van der Waals surface area contributed by atoms with Gasteiger partial charge in [0, 0.05) is 12.0 Å². The Balaban J connectivity index is 1.86. The Morgan fingerprint density at radius 3 is 2.84 bits per heavy atom. The summed E-state index contributed by atoms with van der Waals surface area (Å²) in [5, 5.41) is 0. The normalized spacial score (nSPS) is 15.6. The predicted molar refractivity (Wildman–Crippen MR) is 80.3 cm³/mol. The van der Waals surface area contributed by atoms with Crippen molar-refractivity contribution in [2.45, 2.75) is 51.9 Å². The van der Waals surface area contributed by atoms with E-state index in [1.807, 2.05) is 12.1 Å². The third kappa shape index (κ3) is 4.99. The average molecular weight is 256 g/mol. The summed E-state index contributed by atoms with van der Waals surface area (Å²) < 4.78 is 5.92. The predicted octanol–water partition coefficient (Wildman–Crippen LogP) is 4.80. The van der Waals surface area contributed by atoms with Gasteiger partial charge >= 0.3 is 0 Å². The summed E-state index contributed by atoms with van der Waals surface area (Å²) in [6, 6.07) is 8.18. The fraction of sp³-hybridized carbons (Fsp3) is 0.556. The Morgan fingerprint density at radius 1 is 1.21 bits per heavy atom. The van der Waals surface area contributed by atoms with E-state index in [-0.39, 0.29) is 0 Å². The molecule has 0 radical (unpaired) electrons. The molecule has 0 aliphatic heterocycles. The van der Waals surface area contributed by atoms with Crippen molar-refractivity contribution >= 4 is 0 Å². The maximum absolute atomic E-state index is 5.92. The van der Waals surface area contributed by atoms with Crippen LogP contribution in [0.4, 0.5) is 0 Å². The Morgan fingerprint density at radius 2 is 2.05 bits per heavy atom. The third-order valence-electron chi connectivity index (χ3n) is 3.65. The fourth-order valence-corrected chi connectivity index (χ4v) is 2.52. The average Bonchev–Trinajstić information content (AvgIpc) is 2.47. The molecule has 102 valence electrons. The molecule has 1 fully saturated rings. The first-order chi connectivity index (χ1) is 9.38. The zero-order valence-electron chi connectivity index (χ0n) is 12.0. The first kappa shape index (κ1) is 14.0. The van der Waals surface area contributed by atoms with Crippen molar-refractivity contribution < 1.29 is 4.74 Å². The largest absolute Gasteiger partial charge is 0.493 e. The van der Waals surface area contributed by atoms with Crippen LogP contribution >= 0.6 is 0 Å². The SMILES string of the molecule is CCCC#Cc1cccc(OCC2CCCCC2)c1. The van der Waals surface area contributed by atoms with Crippen molar-refractivity contribution in [3.8, 4) is 17.6 Å². The molecule has 1 nitrogen and oxygen atoms in total. The van der Waals surface area contributed by atoms with Crippen LogP contribution in [0.1, 0.15) is 57.4 Å². The van der Waals surface area contributed by atoms with Gasteiger partial charge in [0.15, 0.2) is 0 Å². The molecule has 1 heteroatoms. The Labute approximate surface area is 117 Å². The molecule has 0 unspecified atom stereocenters. The molecular formula is C18H24O. The van der Waals surface area contributed by atoms with E-state index in [1.54, 1.807) is 0 Å². The molecule has 2 rings (SSSR count). The maximum atomic E-state index is 5.92. The van der Waals surface area contributed by atoms with Gasteiger partial charge in [-0.1, -0.05) is 44.1 Å². The Kier molecular flexibility index (Phi) is 5.82. The van der Waals surface area contributed by atoms with E-state index in [2.05, 4.69) is 30.9 Å². The number of unbranched alkanes of at least 4 members (excludes halogenated alkanes) is 1. The van der Waals surface area contributed by atoms with Crippen LogP contribution in [-0.4, -0.2) is 6.61 Å². The summed E-state index contributed by atoms with van der Waals surface area (Å²) in [5.74, 6) is 8.09. The number of ether oxygens (including phenoxy) is 1. The minimum Gasteiger partial charge on any atom is -0.493 e. The van der Waals surface area contributed by atoms with E-state index >= 15 is 0 Å². The molecule has 0 bridgehead atoms. The van der Waals surface area contributed by atoms with Crippen LogP contribution < -0.4 is 4.74 Å². The minimum absolute atomic E-state index is 0.753. The van der Waals surface area contributed by atoms with Crippen LogP contribution in [0.2, 0.25) is 0 Å². The number of benzene rings is 1. The van der Waals surface area contributed by atoms with Gasteiger partial charge in [-0.05, 0) is 43.4 Å². The first-order valence-electron chi connectivity index (χ1n) is 7.60. The molecule has 0 atom stereocenters. The maximum Gasteiger partial charge on any atom is 0.120 e. The van der Waals surface area contributed by atoms with E-state index in [4.69, 9.17) is 4.74 Å². The monoisotopic (exact) mass is 256 g/mol. The summed E-state index contributed by atoms with van der Waals surface area (Å²) in [6.45, 7) is 3.02. The molecule has 0 saturated heterocycles. The molecule has 1 saturated carbocycles. The zero-order chi connectivity index (χ0) is 13.3. The van der Waals surface area contributed by atoms with Gasteiger partial charge in [-0.25, -0.2) is 0 Å². The van der Waals surface area contributed by atoms with E-state index in [0.29, 0.717) is 0 Å². The summed E-state index contributed by atoms with van der Waals surface area (Å²) >= 11 is 0. The van der Waals surface area contributed by atoms with Crippen molar-refractivity contribution in [3.63, 3.8) is 0 Å². The highest BCUT2D eigenvalue weighted by Crippen LogP contribution is 2.24. The molecule has 0 heterocycles. The van der Waals surface area contributed by atoms with Crippen LogP contribution in [0.5, 0.6) is 5.75 Å². The molecule has 0 amide bonds. The van der Waals surface area contributed by atoms with Crippen molar-refractivity contribution in [3.05, 3.63) is 29.8 Å². The van der Waals surface area contributed by atoms with Gasteiger partial charge in [0.25, 0.3) is 0 Å². The van der Waals surface area contributed by atoms with Gasteiger partial charge in [0.2, 0.25) is 0 Å². The smallest absolute Gasteiger partial charge is 0.120 e. The molecular weight excluding hydrogens is 232 g/mol. The molecule has 1 aliphatic carbocycles. The Bertz CT molecular complexity index is 432. The van der Waals surface area contributed by atoms with E-state index in [9.17, 15) is 0 Å². The highest BCUT2D eigenvalue weighted by Gasteiger charge is 2.13. The van der Waals surface area contributed by atoms with E-state index in [1.165, 1.54) is 32.1 Å². The highest BCUT2D eigenvalue weighted by atomic mass is 16.5. The zero-order valence-corrected chi connectivity index (χ0v) is 12.0. The first-order valence-corrected chi connectivity index (χ1v) is 7.60. The molecule has 19 heavy (non-hydrogen) atoms. The van der Waals surface area contributed by atoms with Crippen molar-refractivity contribution in [2.75, 3.05) is 6.61 Å². The minimum atomic E-state index is 0.753. The third-order valence-corrected chi connectivity index (χ3v) is 3.65. The van der Waals surface area contributed by atoms with Crippen LogP contribution in [-0.2, 0) is 0 Å². The van der Waals surface area contributed by atoms with Gasteiger partial charge in [0.05, 0.1) is 6.61 Å². The fourth-order valence-electron chi connectivity index (χ4n) is 2.52. The summed E-state index contributed by atoms with van der Waals surface area (Å²) in [6.07, 6.45) is 8.89. The molecule has 0 N–H and O–H groups in total. The number of rotatable bonds is 4. The number of hydrogen-bond donors (Lipinski definition) is 0. The van der Waals surface area contributed by atoms with Gasteiger partial charge in [-0.15, -0.1) is 0 Å². The van der Waals surface area contributed by atoms with Crippen LogP contribution in [0.15, 0.2) is 24.3 Å². The standard InChI is InChI=1S/C18H24O/c1-2-3-5-9-16-12-8-13-18(14-16)19-15-17-10-6-4-7-11-17/h8,12-14,17H,2-4,6-7,10-11,15H2,1H3. The second kappa shape index (κ2) is 7.89. The molecule has 0 spiro atoms. The van der Waals surface area contributed by atoms with Crippen LogP contribution in [0.3, 0.4) is 0 Å². The van der Waals surface area contributed by atoms with Gasteiger partial charge < -0.3 is 4.74 Å². The quantitative estimate of drug-likeness (QED) is 0.703. The second-order valence-electron chi connectivity index (χ2n) is 5.39. The summed E-state index contributed by atoms with van der Waals surface area (Å²) in [5.41, 5.74) is 1.06. The van der Waals surface area contributed by atoms with Crippen molar-refractivity contribution in [1.82, 2.24) is 0 Å². The summed E-state index contributed by atoms with van der Waals surface area (Å²) in [7, 11) is 0. The van der Waals surface area contributed by atoms with Gasteiger partial charge in [-0.2, -0.15) is 0 Å². The van der Waals surface area contributed by atoms with Crippen LogP contribution in [0, 0.1) is 17.8 Å². The lowest BCUT2D eigenvalue weighted by Crippen LogP contribution is -2.15. The second-order valence-corrected chi connectivity index (χ2v) is 5.39. The molecule has 1 aliphatic rings. The highest BCUT2D eigenvalue weighted by molar-refractivity contribution is 5.39. The lowest BCUT2D eigenvalue weighted by Gasteiger charge is -2.21. The topological polar surface area (TPSA) is 9.23 Å². The van der Waals surface area contributed by atoms with E-state index in [0.717, 1.165) is 36.7 Å².